The Kier molecular flexibility index (Phi) is 6.81. The highest BCUT2D eigenvalue weighted by atomic mass is 16.5. The highest BCUT2D eigenvalue weighted by Crippen LogP contribution is 2.35. The van der Waals surface area contributed by atoms with Crippen molar-refractivity contribution in [3.8, 4) is 29.0 Å². The van der Waals surface area contributed by atoms with Crippen LogP contribution < -0.4 is 10.1 Å². The molecule has 0 saturated heterocycles. The Morgan fingerprint density at radius 1 is 1.22 bits per heavy atom. The molecule has 0 radical (unpaired) electrons. The van der Waals surface area contributed by atoms with Gasteiger partial charge in [-0.05, 0) is 36.8 Å². The summed E-state index contributed by atoms with van der Waals surface area (Å²) in [5.41, 5.74) is 2.49. The van der Waals surface area contributed by atoms with Crippen LogP contribution >= 0.6 is 0 Å². The molecule has 9 heteroatoms. The molecule has 0 spiro atoms. The maximum atomic E-state index is 12.8. The molecule has 1 amide bonds. The highest BCUT2D eigenvalue weighted by molar-refractivity contribution is 6.02. The molecule has 37 heavy (non-hydrogen) atoms. The van der Waals surface area contributed by atoms with Crippen LogP contribution in [0.1, 0.15) is 12.0 Å². The van der Waals surface area contributed by atoms with Crippen LogP contribution in [0.4, 0.5) is 0 Å². The molecule has 0 fully saturated rings. The third-order valence-corrected chi connectivity index (χ3v) is 5.83. The predicted molar refractivity (Wildman–Crippen MR) is 139 cm³/mol. The number of amides is 1. The first-order valence-electron chi connectivity index (χ1n) is 11.7. The van der Waals surface area contributed by atoms with Crippen molar-refractivity contribution < 1.29 is 13.9 Å². The number of ether oxygens (including phenoxy) is 1. The fourth-order valence-electron chi connectivity index (χ4n) is 3.99. The molecule has 0 bridgehead atoms. The molecule has 184 valence electrons. The van der Waals surface area contributed by atoms with Crippen molar-refractivity contribution in [3.63, 3.8) is 0 Å². The largest absolute Gasteiger partial charge is 0.493 e. The van der Waals surface area contributed by atoms with Crippen molar-refractivity contribution in [2.75, 3.05) is 13.7 Å². The smallest absolute Gasteiger partial charge is 0.261 e. The topological polar surface area (TPSA) is 111 Å². The first-order valence-corrected chi connectivity index (χ1v) is 11.7. The van der Waals surface area contributed by atoms with Crippen molar-refractivity contribution >= 4 is 23.0 Å². The maximum absolute atomic E-state index is 12.8. The molecule has 0 aliphatic carbocycles. The quantitative estimate of drug-likeness (QED) is 0.183. The third kappa shape index (κ3) is 5.13. The molecule has 9 nitrogen and oxygen atoms in total. The number of aryl methyl sites for hydroxylation is 1. The van der Waals surface area contributed by atoms with Gasteiger partial charge in [-0.15, -0.1) is 0 Å². The van der Waals surface area contributed by atoms with Crippen LogP contribution in [-0.4, -0.2) is 38.9 Å². The first kappa shape index (κ1) is 23.6. The van der Waals surface area contributed by atoms with E-state index in [0.29, 0.717) is 41.3 Å². The third-order valence-electron chi connectivity index (χ3n) is 5.83. The van der Waals surface area contributed by atoms with Crippen molar-refractivity contribution in [2.45, 2.75) is 13.0 Å². The summed E-state index contributed by atoms with van der Waals surface area (Å²) < 4.78 is 15.2. The average molecular weight is 493 g/mol. The molecule has 5 rings (SSSR count). The molecule has 0 atom stereocenters. The Bertz CT molecular complexity index is 1590. The van der Waals surface area contributed by atoms with Crippen LogP contribution in [0.2, 0.25) is 0 Å². The molecule has 3 heterocycles. The van der Waals surface area contributed by atoms with E-state index in [1.54, 1.807) is 30.5 Å². The predicted octanol–water partition coefficient (Wildman–Crippen LogP) is 4.60. The van der Waals surface area contributed by atoms with Gasteiger partial charge in [0, 0.05) is 42.6 Å². The second-order valence-corrected chi connectivity index (χ2v) is 8.28. The number of nitrogens with zero attached hydrogens (tertiary/aromatic N) is 5. The minimum Gasteiger partial charge on any atom is -0.493 e. The molecule has 2 aromatic carbocycles. The lowest BCUT2D eigenvalue weighted by Crippen LogP contribution is -2.26. The van der Waals surface area contributed by atoms with Gasteiger partial charge >= 0.3 is 0 Å². The molecule has 1 N–H and O–H groups in total. The van der Waals surface area contributed by atoms with E-state index in [2.05, 4.69) is 10.3 Å². The lowest BCUT2D eigenvalue weighted by Gasteiger charge is -2.05. The molecule has 0 unspecified atom stereocenters. The van der Waals surface area contributed by atoms with Crippen LogP contribution in [0.3, 0.4) is 0 Å². The summed E-state index contributed by atoms with van der Waals surface area (Å²) in [6.07, 6.45) is 9.32. The maximum Gasteiger partial charge on any atom is 0.261 e. The number of nitrogens with one attached hydrogen (secondary N) is 1. The Morgan fingerprint density at radius 3 is 2.84 bits per heavy atom. The van der Waals surface area contributed by atoms with E-state index >= 15 is 0 Å². The van der Waals surface area contributed by atoms with E-state index in [1.807, 2.05) is 71.4 Å². The van der Waals surface area contributed by atoms with Gasteiger partial charge in [-0.3, -0.25) is 4.79 Å². The number of hydrogen-bond acceptors (Lipinski definition) is 6. The van der Waals surface area contributed by atoms with Gasteiger partial charge in [-0.1, -0.05) is 30.3 Å². The Balaban J connectivity index is 1.47. The van der Waals surface area contributed by atoms with Crippen LogP contribution in [0.15, 0.2) is 89.5 Å². The van der Waals surface area contributed by atoms with E-state index in [0.717, 1.165) is 17.6 Å². The summed E-state index contributed by atoms with van der Waals surface area (Å²) in [6, 6.07) is 19.1. The van der Waals surface area contributed by atoms with Crippen LogP contribution in [0.5, 0.6) is 5.75 Å². The number of imidazole rings is 1. The summed E-state index contributed by atoms with van der Waals surface area (Å²) >= 11 is 0. The Morgan fingerprint density at radius 2 is 2.08 bits per heavy atom. The van der Waals surface area contributed by atoms with E-state index < -0.39 is 5.91 Å². The molecular weight excluding hydrogens is 468 g/mol. The van der Waals surface area contributed by atoms with Crippen molar-refractivity contribution in [1.82, 2.24) is 24.6 Å². The van der Waals surface area contributed by atoms with Crippen molar-refractivity contribution in [2.24, 2.45) is 0 Å². The fourth-order valence-corrected chi connectivity index (χ4v) is 3.99. The highest BCUT2D eigenvalue weighted by Gasteiger charge is 2.19. The number of carbonyl (C=O) groups excluding carboxylic acids is 1. The molecular formula is C28H24N6O3. The number of para-hydroxylation sites is 2. The van der Waals surface area contributed by atoms with Crippen molar-refractivity contribution in [3.05, 3.63) is 90.7 Å². The van der Waals surface area contributed by atoms with Gasteiger partial charge in [0.05, 0.1) is 19.1 Å². The number of benzene rings is 2. The first-order chi connectivity index (χ1) is 18.2. The minimum atomic E-state index is -0.446. The molecule has 5 aromatic rings. The molecule has 0 saturated carbocycles. The van der Waals surface area contributed by atoms with Gasteiger partial charge in [0.15, 0.2) is 17.1 Å². The van der Waals surface area contributed by atoms with E-state index in [-0.39, 0.29) is 5.57 Å². The zero-order valence-electron chi connectivity index (χ0n) is 20.2. The summed E-state index contributed by atoms with van der Waals surface area (Å²) in [4.78, 5) is 16.8. The molecule has 0 aliphatic heterocycles. The number of hydrogen-bond donors (Lipinski definition) is 1. The number of carbonyl (C=O) groups is 1. The van der Waals surface area contributed by atoms with Crippen molar-refractivity contribution in [1.29, 1.82) is 5.26 Å². The Hall–Kier alpha value is -5.10. The average Bonchev–Trinajstić information content (AvgIpc) is 3.69. The van der Waals surface area contributed by atoms with Gasteiger partial charge in [0.1, 0.15) is 17.3 Å². The fraction of sp³-hybridized carbons (Fsp3) is 0.143. The number of nitriles is 1. The zero-order valence-corrected chi connectivity index (χ0v) is 20.2. The van der Waals surface area contributed by atoms with E-state index in [4.69, 9.17) is 14.3 Å². The minimum absolute atomic E-state index is 0.0230. The van der Waals surface area contributed by atoms with Gasteiger partial charge in [0.2, 0.25) is 0 Å². The molecule has 3 aromatic heterocycles. The van der Waals surface area contributed by atoms with E-state index in [9.17, 15) is 10.1 Å². The van der Waals surface area contributed by atoms with Gasteiger partial charge in [-0.25, -0.2) is 9.67 Å². The van der Waals surface area contributed by atoms with Crippen LogP contribution in [0, 0.1) is 11.3 Å². The van der Waals surface area contributed by atoms with Crippen LogP contribution in [0.25, 0.3) is 34.2 Å². The van der Waals surface area contributed by atoms with Gasteiger partial charge in [-0.2, -0.15) is 10.4 Å². The number of rotatable bonds is 9. The number of furan rings is 1. The molecule has 0 aliphatic rings. The Labute approximate surface area is 213 Å². The summed E-state index contributed by atoms with van der Waals surface area (Å²) in [7, 11) is 1.59. The van der Waals surface area contributed by atoms with Crippen LogP contribution in [-0.2, 0) is 11.3 Å². The summed E-state index contributed by atoms with van der Waals surface area (Å²) in [5, 5.41) is 18.2. The van der Waals surface area contributed by atoms with E-state index in [1.165, 1.54) is 6.08 Å². The number of fused-ring (bicyclic) bond motifs is 1. The van der Waals surface area contributed by atoms with Gasteiger partial charge in [0.25, 0.3) is 5.91 Å². The lowest BCUT2D eigenvalue weighted by atomic mass is 10.1. The van der Waals surface area contributed by atoms with Gasteiger partial charge < -0.3 is 19.0 Å². The summed E-state index contributed by atoms with van der Waals surface area (Å²) in [6.45, 7) is 1.14. The number of aromatic nitrogens is 4. The second kappa shape index (κ2) is 10.7. The number of methoxy groups -OCH3 is 1. The standard InChI is InChI=1S/C28H24N6O3/c1-36-24-10-5-7-20-16-25(37-27(20)24)26-22(18-34(32-26)23-8-3-2-4-9-23)15-21(17-29)28(35)31-11-6-13-33-14-12-30-19-33/h2-5,7-10,12,14-16,18-19H,6,11,13H2,1H3,(H,31,35)/b21-15+. The lowest BCUT2D eigenvalue weighted by molar-refractivity contribution is -0.117. The summed E-state index contributed by atoms with van der Waals surface area (Å²) in [5.74, 6) is 0.660. The zero-order chi connectivity index (χ0) is 25.6. The normalized spacial score (nSPS) is 11.4. The monoisotopic (exact) mass is 492 g/mol. The second-order valence-electron chi connectivity index (χ2n) is 8.28. The SMILES string of the molecule is COc1cccc2cc(-c3nn(-c4ccccc4)cc3/C=C(\C#N)C(=O)NCCCn3ccnc3)oc12.